The molecule has 0 fully saturated rings. The summed E-state index contributed by atoms with van der Waals surface area (Å²) in [6.45, 7) is 7.38. The molecule has 0 amide bonds. The molecule has 0 aliphatic heterocycles. The van der Waals surface area contributed by atoms with E-state index in [4.69, 9.17) is 0 Å². The summed E-state index contributed by atoms with van der Waals surface area (Å²) in [7, 11) is 0. The highest BCUT2D eigenvalue weighted by Gasteiger charge is 1.89. The zero-order valence-electron chi connectivity index (χ0n) is 6.88. The smallest absolute Gasteiger partial charge is 0.0190 e. The molecule has 0 radical (unpaired) electrons. The van der Waals surface area contributed by atoms with E-state index >= 15 is 0 Å². The normalized spacial score (nSPS) is 7.33. The quantitative estimate of drug-likeness (QED) is 0.636. The first kappa shape index (κ1) is 13.2. The molecule has 0 unspecified atom stereocenters. The van der Waals surface area contributed by atoms with Gasteiger partial charge in [-0.3, -0.25) is 0 Å². The second-order valence-corrected chi connectivity index (χ2v) is 2.04. The second kappa shape index (κ2) is 6.34. The van der Waals surface area contributed by atoms with Crippen molar-refractivity contribution in [2.45, 2.75) is 0 Å². The Morgan fingerprint density at radius 2 is 1.17 bits per heavy atom. The van der Waals surface area contributed by atoms with Crippen LogP contribution in [0.5, 0.6) is 0 Å². The van der Waals surface area contributed by atoms with E-state index in [9.17, 15) is 0 Å². The van der Waals surface area contributed by atoms with Gasteiger partial charge in [-0.2, -0.15) is 0 Å². The molecule has 1 aromatic carbocycles. The standard InChI is InChI=1S/C10H10.2H2O/c1-3-9-7-5-6-8-10(9)4-2;;/h3-8H,1-2H2;2*1H2. The van der Waals surface area contributed by atoms with E-state index in [0.717, 1.165) is 11.1 Å². The van der Waals surface area contributed by atoms with Gasteiger partial charge in [-0.1, -0.05) is 49.6 Å². The van der Waals surface area contributed by atoms with Crippen LogP contribution in [-0.4, -0.2) is 11.0 Å². The minimum atomic E-state index is 0. The Morgan fingerprint density at radius 1 is 0.833 bits per heavy atom. The number of hydrogen-bond acceptors (Lipinski definition) is 0. The third-order valence-electron chi connectivity index (χ3n) is 1.44. The summed E-state index contributed by atoms with van der Waals surface area (Å²) >= 11 is 0. The number of rotatable bonds is 2. The molecule has 66 valence electrons. The fourth-order valence-electron chi connectivity index (χ4n) is 0.883. The van der Waals surface area contributed by atoms with Crippen molar-refractivity contribution in [2.75, 3.05) is 0 Å². The summed E-state index contributed by atoms with van der Waals surface area (Å²) in [5.74, 6) is 0. The summed E-state index contributed by atoms with van der Waals surface area (Å²) < 4.78 is 0. The van der Waals surface area contributed by atoms with Crippen molar-refractivity contribution in [1.29, 1.82) is 0 Å². The van der Waals surface area contributed by atoms with Crippen LogP contribution in [0.25, 0.3) is 12.2 Å². The maximum absolute atomic E-state index is 3.69. The predicted molar refractivity (Wildman–Crippen MR) is 53.9 cm³/mol. The molecule has 0 bridgehead atoms. The van der Waals surface area contributed by atoms with Gasteiger partial charge in [-0.25, -0.2) is 0 Å². The third-order valence-corrected chi connectivity index (χ3v) is 1.44. The van der Waals surface area contributed by atoms with E-state index < -0.39 is 0 Å². The zero-order valence-corrected chi connectivity index (χ0v) is 6.88. The summed E-state index contributed by atoms with van der Waals surface area (Å²) in [4.78, 5) is 0. The largest absolute Gasteiger partial charge is 0.412 e. The van der Waals surface area contributed by atoms with Crippen LogP contribution < -0.4 is 0 Å². The molecule has 0 aromatic heterocycles. The first-order chi connectivity index (χ1) is 4.88. The second-order valence-electron chi connectivity index (χ2n) is 2.04. The predicted octanol–water partition coefficient (Wildman–Crippen LogP) is 1.32. The SMILES string of the molecule is C=Cc1ccccc1C=C.O.O. The van der Waals surface area contributed by atoms with Crippen LogP contribution in [0, 0.1) is 0 Å². The van der Waals surface area contributed by atoms with E-state index in [0.29, 0.717) is 0 Å². The van der Waals surface area contributed by atoms with Crippen molar-refractivity contribution in [1.82, 2.24) is 0 Å². The van der Waals surface area contributed by atoms with E-state index in [1.807, 2.05) is 36.4 Å². The van der Waals surface area contributed by atoms with E-state index in [2.05, 4.69) is 13.2 Å². The molecule has 1 aromatic rings. The Hall–Kier alpha value is -1.38. The van der Waals surface area contributed by atoms with Gasteiger partial charge in [0.2, 0.25) is 0 Å². The molecule has 0 atom stereocenters. The number of benzene rings is 1. The van der Waals surface area contributed by atoms with Gasteiger partial charge < -0.3 is 11.0 Å². The third kappa shape index (κ3) is 2.70. The van der Waals surface area contributed by atoms with Gasteiger partial charge in [0, 0.05) is 0 Å². The van der Waals surface area contributed by atoms with E-state index in [1.165, 1.54) is 0 Å². The minimum Gasteiger partial charge on any atom is -0.412 e. The number of hydrogen-bond donors (Lipinski definition) is 0. The molecule has 0 aliphatic rings. The average Bonchev–Trinajstić information content (AvgIpc) is 2.04. The van der Waals surface area contributed by atoms with Crippen molar-refractivity contribution in [3.63, 3.8) is 0 Å². The Morgan fingerprint density at radius 3 is 1.42 bits per heavy atom. The van der Waals surface area contributed by atoms with Crippen LogP contribution in [0.1, 0.15) is 11.1 Å². The Kier molecular flexibility index (Phi) is 6.99. The molecule has 2 nitrogen and oxygen atoms in total. The van der Waals surface area contributed by atoms with Crippen LogP contribution >= 0.6 is 0 Å². The van der Waals surface area contributed by atoms with Crippen LogP contribution in [0.3, 0.4) is 0 Å². The van der Waals surface area contributed by atoms with Gasteiger partial charge in [0.25, 0.3) is 0 Å². The summed E-state index contributed by atoms with van der Waals surface area (Å²) in [6.07, 6.45) is 3.66. The molecule has 2 heteroatoms. The molecule has 0 aliphatic carbocycles. The Labute approximate surface area is 72.5 Å². The lowest BCUT2D eigenvalue weighted by atomic mass is 10.1. The molecule has 12 heavy (non-hydrogen) atoms. The maximum atomic E-state index is 3.69. The van der Waals surface area contributed by atoms with Gasteiger partial charge in [-0.05, 0) is 11.1 Å². The fourth-order valence-corrected chi connectivity index (χ4v) is 0.883. The van der Waals surface area contributed by atoms with E-state index in [1.54, 1.807) is 0 Å². The van der Waals surface area contributed by atoms with Gasteiger partial charge in [0.1, 0.15) is 0 Å². The van der Waals surface area contributed by atoms with Crippen LogP contribution in [0.2, 0.25) is 0 Å². The molecule has 0 heterocycles. The Balaban J connectivity index is 0. The van der Waals surface area contributed by atoms with Gasteiger partial charge in [-0.15, -0.1) is 0 Å². The lowest BCUT2D eigenvalue weighted by Gasteiger charge is -1.96. The lowest BCUT2D eigenvalue weighted by Crippen LogP contribution is -1.76. The van der Waals surface area contributed by atoms with Gasteiger partial charge in [0.05, 0.1) is 0 Å². The fraction of sp³-hybridized carbons (Fsp3) is 0. The van der Waals surface area contributed by atoms with Crippen molar-refractivity contribution in [2.24, 2.45) is 0 Å². The molecular weight excluding hydrogens is 152 g/mol. The molecule has 4 N–H and O–H groups in total. The zero-order chi connectivity index (χ0) is 7.40. The monoisotopic (exact) mass is 166 g/mol. The highest BCUT2D eigenvalue weighted by molar-refractivity contribution is 5.63. The van der Waals surface area contributed by atoms with Crippen molar-refractivity contribution in [3.8, 4) is 0 Å². The summed E-state index contributed by atoms with van der Waals surface area (Å²) in [5.41, 5.74) is 2.27. The summed E-state index contributed by atoms with van der Waals surface area (Å²) in [5, 5.41) is 0. The van der Waals surface area contributed by atoms with E-state index in [-0.39, 0.29) is 11.0 Å². The molecular formula is C10H14O2. The minimum absolute atomic E-state index is 0. The first-order valence-electron chi connectivity index (χ1n) is 3.22. The van der Waals surface area contributed by atoms with Gasteiger partial charge >= 0.3 is 0 Å². The molecule has 0 saturated heterocycles. The Bertz CT molecular complexity index is 227. The highest BCUT2D eigenvalue weighted by atomic mass is 16.0. The topological polar surface area (TPSA) is 63.0 Å². The molecule has 1 rings (SSSR count). The van der Waals surface area contributed by atoms with Crippen molar-refractivity contribution < 1.29 is 11.0 Å². The first-order valence-corrected chi connectivity index (χ1v) is 3.22. The van der Waals surface area contributed by atoms with Crippen LogP contribution in [0.15, 0.2) is 37.4 Å². The molecule has 0 spiro atoms. The lowest BCUT2D eigenvalue weighted by molar-refractivity contribution is 0.823. The maximum Gasteiger partial charge on any atom is -0.0190 e. The average molecular weight is 166 g/mol. The van der Waals surface area contributed by atoms with Crippen molar-refractivity contribution in [3.05, 3.63) is 48.6 Å². The van der Waals surface area contributed by atoms with Crippen LogP contribution in [0.4, 0.5) is 0 Å². The summed E-state index contributed by atoms with van der Waals surface area (Å²) in [6, 6.07) is 8.02. The van der Waals surface area contributed by atoms with Crippen molar-refractivity contribution >= 4 is 12.2 Å². The van der Waals surface area contributed by atoms with Gasteiger partial charge in [0.15, 0.2) is 0 Å². The highest BCUT2D eigenvalue weighted by Crippen LogP contribution is 2.10. The molecule has 0 saturated carbocycles. The van der Waals surface area contributed by atoms with Crippen LogP contribution in [-0.2, 0) is 0 Å².